The van der Waals surface area contributed by atoms with Crippen LogP contribution < -0.4 is 5.32 Å². The fourth-order valence-electron chi connectivity index (χ4n) is 1.23. The number of rotatable bonds is 2. The lowest BCUT2D eigenvalue weighted by molar-refractivity contribution is 0.475. The molecule has 2 rings (SSSR count). The first-order chi connectivity index (χ1) is 8.84. The Morgan fingerprint density at radius 2 is 1.11 bits per heavy atom. The van der Waals surface area contributed by atoms with Crippen LogP contribution in [0.4, 0.5) is 11.4 Å². The van der Waals surface area contributed by atoms with Crippen molar-refractivity contribution in [3.05, 3.63) is 54.6 Å². The Hall–Kier alpha value is -1.96. The summed E-state index contributed by atoms with van der Waals surface area (Å²) in [7, 11) is 0. The van der Waals surface area contributed by atoms with Gasteiger partial charge in [0.2, 0.25) is 0 Å². The van der Waals surface area contributed by atoms with Crippen LogP contribution in [0.3, 0.4) is 0 Å². The lowest BCUT2D eigenvalue weighted by Gasteiger charge is -2.05. The summed E-state index contributed by atoms with van der Waals surface area (Å²) in [6.45, 7) is 8.00. The molecule has 0 heterocycles. The molecule has 2 aromatic carbocycles. The number of phenolic OH excluding ortho intramolecular Hbond substituents is 1. The molecular formula is C16H23NO. The van der Waals surface area contributed by atoms with Crippen molar-refractivity contribution in [1.29, 1.82) is 0 Å². The highest BCUT2D eigenvalue weighted by Crippen LogP contribution is 2.18. The molecule has 98 valence electrons. The van der Waals surface area contributed by atoms with Gasteiger partial charge in [0, 0.05) is 11.4 Å². The van der Waals surface area contributed by atoms with Crippen LogP contribution in [-0.4, -0.2) is 5.11 Å². The zero-order valence-corrected chi connectivity index (χ0v) is 11.6. The van der Waals surface area contributed by atoms with Crippen molar-refractivity contribution < 1.29 is 5.11 Å². The number of para-hydroxylation sites is 1. The van der Waals surface area contributed by atoms with Gasteiger partial charge < -0.3 is 10.4 Å². The van der Waals surface area contributed by atoms with Crippen LogP contribution in [0.1, 0.15) is 27.7 Å². The Kier molecular flexibility index (Phi) is 9.10. The van der Waals surface area contributed by atoms with Crippen LogP contribution in [0.2, 0.25) is 0 Å². The Balaban J connectivity index is 0.000000659. The van der Waals surface area contributed by atoms with Gasteiger partial charge in [0.05, 0.1) is 0 Å². The van der Waals surface area contributed by atoms with Gasteiger partial charge in [0.1, 0.15) is 5.75 Å². The number of anilines is 2. The summed E-state index contributed by atoms with van der Waals surface area (Å²) >= 11 is 0. The fourth-order valence-corrected chi connectivity index (χ4v) is 1.23. The predicted octanol–water partition coefficient (Wildman–Crippen LogP) is 5.19. The van der Waals surface area contributed by atoms with Crippen molar-refractivity contribution >= 4 is 11.4 Å². The summed E-state index contributed by atoms with van der Waals surface area (Å²) < 4.78 is 0. The minimum Gasteiger partial charge on any atom is -0.508 e. The molecule has 0 aliphatic heterocycles. The van der Waals surface area contributed by atoms with Crippen LogP contribution >= 0.6 is 0 Å². The zero-order chi connectivity index (χ0) is 13.8. The lowest BCUT2D eigenvalue weighted by atomic mass is 10.2. The second kappa shape index (κ2) is 10.2. The maximum atomic E-state index is 9.09. The van der Waals surface area contributed by atoms with Gasteiger partial charge in [-0.25, -0.2) is 0 Å². The van der Waals surface area contributed by atoms with E-state index in [0.29, 0.717) is 0 Å². The van der Waals surface area contributed by atoms with Crippen molar-refractivity contribution in [2.45, 2.75) is 27.7 Å². The molecule has 0 bridgehead atoms. The Labute approximate surface area is 110 Å². The molecule has 0 amide bonds. The van der Waals surface area contributed by atoms with Gasteiger partial charge in [0.15, 0.2) is 0 Å². The van der Waals surface area contributed by atoms with Gasteiger partial charge in [-0.15, -0.1) is 0 Å². The number of hydrogen-bond acceptors (Lipinski definition) is 2. The number of hydrogen-bond donors (Lipinski definition) is 2. The molecule has 2 heteroatoms. The van der Waals surface area contributed by atoms with Gasteiger partial charge in [-0.3, -0.25) is 0 Å². The van der Waals surface area contributed by atoms with E-state index >= 15 is 0 Å². The lowest BCUT2D eigenvalue weighted by Crippen LogP contribution is -1.88. The van der Waals surface area contributed by atoms with Gasteiger partial charge in [-0.2, -0.15) is 0 Å². The Morgan fingerprint density at radius 1 is 0.667 bits per heavy atom. The normalized spacial score (nSPS) is 8.22. The highest BCUT2D eigenvalue weighted by Gasteiger charge is 1.92. The molecule has 0 saturated heterocycles. The topological polar surface area (TPSA) is 32.3 Å². The molecule has 0 aliphatic rings. The van der Waals surface area contributed by atoms with Crippen molar-refractivity contribution in [3.63, 3.8) is 0 Å². The van der Waals surface area contributed by atoms with Gasteiger partial charge in [0.25, 0.3) is 0 Å². The van der Waals surface area contributed by atoms with Crippen LogP contribution in [-0.2, 0) is 0 Å². The molecule has 2 aromatic rings. The minimum atomic E-state index is 0.281. The van der Waals surface area contributed by atoms with Gasteiger partial charge in [-0.05, 0) is 36.4 Å². The van der Waals surface area contributed by atoms with E-state index in [9.17, 15) is 0 Å². The first-order valence-corrected chi connectivity index (χ1v) is 6.46. The smallest absolute Gasteiger partial charge is 0.115 e. The van der Waals surface area contributed by atoms with E-state index in [-0.39, 0.29) is 5.75 Å². The van der Waals surface area contributed by atoms with Crippen LogP contribution in [0, 0.1) is 0 Å². The first kappa shape index (κ1) is 16.0. The van der Waals surface area contributed by atoms with E-state index in [4.69, 9.17) is 5.11 Å². The number of phenols is 1. The Morgan fingerprint density at radius 3 is 1.61 bits per heavy atom. The van der Waals surface area contributed by atoms with E-state index < -0.39 is 0 Å². The number of nitrogens with one attached hydrogen (secondary N) is 1. The predicted molar refractivity (Wildman–Crippen MR) is 80.5 cm³/mol. The van der Waals surface area contributed by atoms with E-state index in [0.717, 1.165) is 11.4 Å². The average molecular weight is 245 g/mol. The van der Waals surface area contributed by atoms with Crippen LogP contribution in [0.25, 0.3) is 0 Å². The summed E-state index contributed by atoms with van der Waals surface area (Å²) in [4.78, 5) is 0. The fraction of sp³-hybridized carbons (Fsp3) is 0.250. The van der Waals surface area contributed by atoms with E-state index in [1.165, 1.54) is 0 Å². The first-order valence-electron chi connectivity index (χ1n) is 6.46. The maximum Gasteiger partial charge on any atom is 0.115 e. The molecule has 0 spiro atoms. The molecule has 0 aliphatic carbocycles. The second-order valence-corrected chi connectivity index (χ2v) is 3.04. The van der Waals surface area contributed by atoms with Gasteiger partial charge >= 0.3 is 0 Å². The highest BCUT2D eigenvalue weighted by atomic mass is 16.3. The van der Waals surface area contributed by atoms with Crippen molar-refractivity contribution in [1.82, 2.24) is 0 Å². The molecule has 0 fully saturated rings. The SMILES string of the molecule is CC.CC.Oc1ccc(Nc2ccccc2)cc1. The minimum absolute atomic E-state index is 0.281. The number of aromatic hydroxyl groups is 1. The summed E-state index contributed by atoms with van der Waals surface area (Å²) in [5.41, 5.74) is 2.01. The summed E-state index contributed by atoms with van der Waals surface area (Å²) in [6.07, 6.45) is 0. The largest absolute Gasteiger partial charge is 0.508 e. The quantitative estimate of drug-likeness (QED) is 0.714. The highest BCUT2D eigenvalue weighted by molar-refractivity contribution is 5.59. The van der Waals surface area contributed by atoms with Crippen LogP contribution in [0.15, 0.2) is 54.6 Å². The van der Waals surface area contributed by atoms with Crippen molar-refractivity contribution in [3.8, 4) is 5.75 Å². The second-order valence-electron chi connectivity index (χ2n) is 3.04. The third kappa shape index (κ3) is 5.94. The van der Waals surface area contributed by atoms with Crippen molar-refractivity contribution in [2.75, 3.05) is 5.32 Å². The summed E-state index contributed by atoms with van der Waals surface area (Å²) in [5.74, 6) is 0.281. The molecule has 0 saturated carbocycles. The van der Waals surface area contributed by atoms with E-state index in [1.54, 1.807) is 12.1 Å². The van der Waals surface area contributed by atoms with Crippen molar-refractivity contribution in [2.24, 2.45) is 0 Å². The molecule has 0 radical (unpaired) electrons. The van der Waals surface area contributed by atoms with Crippen LogP contribution in [0.5, 0.6) is 5.75 Å². The summed E-state index contributed by atoms with van der Waals surface area (Å²) in [5, 5.41) is 12.3. The molecular weight excluding hydrogens is 222 g/mol. The molecule has 0 unspecified atom stereocenters. The molecule has 0 atom stereocenters. The summed E-state index contributed by atoms with van der Waals surface area (Å²) in [6, 6.07) is 16.9. The van der Waals surface area contributed by atoms with E-state index in [1.807, 2.05) is 70.2 Å². The third-order valence-corrected chi connectivity index (χ3v) is 1.93. The molecule has 2 N–H and O–H groups in total. The standard InChI is InChI=1S/C12H11NO.2C2H6/c14-12-8-6-11(7-9-12)13-10-4-2-1-3-5-10;2*1-2/h1-9,13-14H;2*1-2H3. The number of benzene rings is 2. The monoisotopic (exact) mass is 245 g/mol. The average Bonchev–Trinajstić information content (AvgIpc) is 2.47. The molecule has 2 nitrogen and oxygen atoms in total. The maximum absolute atomic E-state index is 9.09. The Bertz CT molecular complexity index is 395. The zero-order valence-electron chi connectivity index (χ0n) is 11.6. The molecule has 18 heavy (non-hydrogen) atoms. The molecule has 0 aromatic heterocycles. The van der Waals surface area contributed by atoms with Gasteiger partial charge in [-0.1, -0.05) is 45.9 Å². The van der Waals surface area contributed by atoms with E-state index in [2.05, 4.69) is 5.32 Å². The third-order valence-electron chi connectivity index (χ3n) is 1.93.